The summed E-state index contributed by atoms with van der Waals surface area (Å²) in [5, 5.41) is 0. The molecule has 0 saturated heterocycles. The van der Waals surface area contributed by atoms with Crippen LogP contribution in [-0.4, -0.2) is 36.0 Å². The number of ether oxygens (including phenoxy) is 1. The van der Waals surface area contributed by atoms with E-state index < -0.39 is 11.2 Å². The molecule has 0 N–H and O–H groups in total. The van der Waals surface area contributed by atoms with Crippen LogP contribution in [0.2, 0.25) is 0 Å². The van der Waals surface area contributed by atoms with Gasteiger partial charge in [0, 0.05) is 30.2 Å². The standard InChI is InChI=1S/C24H21N5O4/c1-15-13-27-20-21(25-23(27)29(15)17-9-11-18(33-3)12-10-17)26(2)24(32)28(22(20)31)14-19(30)16-7-5-4-6-8-16/h4-13H,14H2,1-3H3. The fourth-order valence-electron chi connectivity index (χ4n) is 4.06. The number of fused-ring (bicyclic) bond motifs is 3. The molecule has 0 aliphatic rings. The summed E-state index contributed by atoms with van der Waals surface area (Å²) in [6.45, 7) is 1.56. The minimum absolute atomic E-state index is 0.239. The monoisotopic (exact) mass is 443 g/mol. The Labute approximate surface area is 187 Å². The summed E-state index contributed by atoms with van der Waals surface area (Å²) in [6, 6.07) is 16.1. The molecule has 3 heterocycles. The Morgan fingerprint density at radius 3 is 2.39 bits per heavy atom. The molecule has 0 amide bonds. The number of methoxy groups -OCH3 is 1. The molecule has 0 fully saturated rings. The maximum Gasteiger partial charge on any atom is 0.332 e. The van der Waals surface area contributed by atoms with Gasteiger partial charge in [0.15, 0.2) is 16.9 Å². The van der Waals surface area contributed by atoms with Crippen molar-refractivity contribution in [3.05, 3.63) is 92.9 Å². The number of carbonyl (C=O) groups excluding carboxylic acids is 1. The van der Waals surface area contributed by atoms with Gasteiger partial charge in [-0.3, -0.25) is 27.7 Å². The highest BCUT2D eigenvalue weighted by molar-refractivity contribution is 5.96. The average Bonchev–Trinajstić information content (AvgIpc) is 3.35. The van der Waals surface area contributed by atoms with Gasteiger partial charge in [0.05, 0.1) is 13.7 Å². The largest absolute Gasteiger partial charge is 0.497 e. The average molecular weight is 443 g/mol. The number of carbonyl (C=O) groups is 1. The van der Waals surface area contributed by atoms with E-state index in [0.29, 0.717) is 11.3 Å². The lowest BCUT2D eigenvalue weighted by molar-refractivity contribution is 0.0969. The van der Waals surface area contributed by atoms with E-state index in [1.54, 1.807) is 55.1 Å². The Morgan fingerprint density at radius 2 is 1.73 bits per heavy atom. The minimum Gasteiger partial charge on any atom is -0.497 e. The fraction of sp³-hybridized carbons (Fsp3) is 0.167. The van der Waals surface area contributed by atoms with E-state index in [1.165, 1.54) is 4.57 Å². The van der Waals surface area contributed by atoms with Crippen LogP contribution < -0.4 is 16.0 Å². The number of rotatable bonds is 5. The summed E-state index contributed by atoms with van der Waals surface area (Å²) in [6.07, 6.45) is 1.80. The molecule has 0 unspecified atom stereocenters. The fourth-order valence-corrected chi connectivity index (χ4v) is 4.06. The molecule has 0 bridgehead atoms. The molecule has 3 aromatic heterocycles. The van der Waals surface area contributed by atoms with Gasteiger partial charge in [-0.15, -0.1) is 0 Å². The first kappa shape index (κ1) is 20.5. The predicted molar refractivity (Wildman–Crippen MR) is 124 cm³/mol. The van der Waals surface area contributed by atoms with Crippen molar-refractivity contribution in [3.8, 4) is 11.4 Å². The number of ketones is 1. The van der Waals surface area contributed by atoms with Gasteiger partial charge in [-0.25, -0.2) is 4.79 Å². The van der Waals surface area contributed by atoms with Crippen LogP contribution in [0.5, 0.6) is 5.75 Å². The van der Waals surface area contributed by atoms with Crippen LogP contribution in [0.25, 0.3) is 22.6 Å². The van der Waals surface area contributed by atoms with Crippen molar-refractivity contribution in [2.24, 2.45) is 7.05 Å². The van der Waals surface area contributed by atoms with E-state index in [1.807, 2.05) is 35.8 Å². The van der Waals surface area contributed by atoms with Crippen molar-refractivity contribution in [3.63, 3.8) is 0 Å². The van der Waals surface area contributed by atoms with Crippen LogP contribution in [0.1, 0.15) is 16.1 Å². The summed E-state index contributed by atoms with van der Waals surface area (Å²) in [5.74, 6) is 0.898. The molecule has 2 aromatic carbocycles. The van der Waals surface area contributed by atoms with Crippen molar-refractivity contribution in [1.82, 2.24) is 23.1 Å². The SMILES string of the molecule is COc1ccc(-n2c(C)cn3c4c(=O)n(CC(=O)c5ccccc5)c(=O)n(C)c4nc23)cc1. The quantitative estimate of drug-likeness (QED) is 0.389. The van der Waals surface area contributed by atoms with Gasteiger partial charge in [-0.1, -0.05) is 30.3 Å². The van der Waals surface area contributed by atoms with E-state index in [-0.39, 0.29) is 23.5 Å². The third-order valence-corrected chi connectivity index (χ3v) is 5.75. The summed E-state index contributed by atoms with van der Waals surface area (Å²) in [5.41, 5.74) is 1.47. The second kappa shape index (κ2) is 7.63. The number of hydrogen-bond donors (Lipinski definition) is 0. The second-order valence-corrected chi connectivity index (χ2v) is 7.78. The van der Waals surface area contributed by atoms with Gasteiger partial charge in [0.1, 0.15) is 5.75 Å². The Kier molecular flexibility index (Phi) is 4.74. The first-order valence-electron chi connectivity index (χ1n) is 10.3. The molecule has 0 radical (unpaired) electrons. The van der Waals surface area contributed by atoms with Crippen LogP contribution in [0.15, 0.2) is 70.4 Å². The Morgan fingerprint density at radius 1 is 1.03 bits per heavy atom. The lowest BCUT2D eigenvalue weighted by Crippen LogP contribution is -2.41. The highest BCUT2D eigenvalue weighted by Gasteiger charge is 2.22. The predicted octanol–water partition coefficient (Wildman–Crippen LogP) is 2.34. The van der Waals surface area contributed by atoms with Gasteiger partial charge < -0.3 is 4.74 Å². The van der Waals surface area contributed by atoms with Gasteiger partial charge in [-0.05, 0) is 31.2 Å². The number of Topliss-reactive ketones (excluding diaryl/α,β-unsaturated/α-hetero) is 1. The number of aryl methyl sites for hydroxylation is 2. The Bertz CT molecular complexity index is 1640. The maximum atomic E-state index is 13.4. The molecule has 9 heteroatoms. The number of aromatic nitrogens is 5. The number of benzene rings is 2. The molecule has 33 heavy (non-hydrogen) atoms. The Hall–Kier alpha value is -4.40. The lowest BCUT2D eigenvalue weighted by Gasteiger charge is -2.08. The van der Waals surface area contributed by atoms with Crippen molar-refractivity contribution < 1.29 is 9.53 Å². The molecule has 0 saturated carbocycles. The van der Waals surface area contributed by atoms with E-state index in [2.05, 4.69) is 4.98 Å². The first-order valence-corrected chi connectivity index (χ1v) is 10.3. The van der Waals surface area contributed by atoms with Gasteiger partial charge in [0.2, 0.25) is 5.78 Å². The molecule has 0 atom stereocenters. The summed E-state index contributed by atoms with van der Waals surface area (Å²) >= 11 is 0. The topological polar surface area (TPSA) is 92.5 Å². The van der Waals surface area contributed by atoms with Crippen molar-refractivity contribution in [1.29, 1.82) is 0 Å². The van der Waals surface area contributed by atoms with E-state index in [0.717, 1.165) is 21.7 Å². The van der Waals surface area contributed by atoms with Crippen LogP contribution >= 0.6 is 0 Å². The molecular formula is C24H21N5O4. The van der Waals surface area contributed by atoms with Crippen LogP contribution in [0.4, 0.5) is 0 Å². The molecule has 5 aromatic rings. The number of hydrogen-bond acceptors (Lipinski definition) is 5. The van der Waals surface area contributed by atoms with Gasteiger partial charge in [-0.2, -0.15) is 4.98 Å². The van der Waals surface area contributed by atoms with Crippen molar-refractivity contribution in [2.75, 3.05) is 7.11 Å². The molecule has 0 aliphatic heterocycles. The summed E-state index contributed by atoms with van der Waals surface area (Å²) in [7, 11) is 3.15. The molecule has 0 spiro atoms. The molecule has 166 valence electrons. The molecular weight excluding hydrogens is 422 g/mol. The highest BCUT2D eigenvalue weighted by Crippen LogP contribution is 2.22. The van der Waals surface area contributed by atoms with Crippen molar-refractivity contribution >= 4 is 22.7 Å². The third kappa shape index (κ3) is 3.16. The summed E-state index contributed by atoms with van der Waals surface area (Å²) in [4.78, 5) is 43.7. The van der Waals surface area contributed by atoms with E-state index in [4.69, 9.17) is 4.74 Å². The zero-order chi connectivity index (χ0) is 23.3. The third-order valence-electron chi connectivity index (χ3n) is 5.75. The molecule has 5 rings (SSSR count). The van der Waals surface area contributed by atoms with Crippen molar-refractivity contribution in [2.45, 2.75) is 13.5 Å². The number of imidazole rings is 2. The minimum atomic E-state index is -0.592. The van der Waals surface area contributed by atoms with Crippen LogP contribution in [0.3, 0.4) is 0 Å². The zero-order valence-electron chi connectivity index (χ0n) is 18.3. The second-order valence-electron chi connectivity index (χ2n) is 7.78. The highest BCUT2D eigenvalue weighted by atomic mass is 16.5. The molecule has 9 nitrogen and oxygen atoms in total. The molecule has 0 aliphatic carbocycles. The van der Waals surface area contributed by atoms with E-state index >= 15 is 0 Å². The van der Waals surface area contributed by atoms with Crippen LogP contribution in [-0.2, 0) is 13.6 Å². The normalized spacial score (nSPS) is 11.4. The Balaban J connectivity index is 1.71. The smallest absolute Gasteiger partial charge is 0.332 e. The van der Waals surface area contributed by atoms with E-state index in [9.17, 15) is 14.4 Å². The summed E-state index contributed by atoms with van der Waals surface area (Å²) < 4.78 is 11.1. The van der Waals surface area contributed by atoms with Gasteiger partial charge >= 0.3 is 5.69 Å². The maximum absolute atomic E-state index is 13.4. The lowest BCUT2D eigenvalue weighted by atomic mass is 10.1. The number of nitrogens with zero attached hydrogens (tertiary/aromatic N) is 5. The van der Waals surface area contributed by atoms with Gasteiger partial charge in [0.25, 0.3) is 5.56 Å². The first-order chi connectivity index (χ1) is 15.9. The zero-order valence-corrected chi connectivity index (χ0v) is 18.3. The van der Waals surface area contributed by atoms with Crippen LogP contribution in [0, 0.1) is 6.92 Å².